The molecule has 0 bridgehead atoms. The van der Waals surface area contributed by atoms with E-state index in [1.54, 1.807) is 30.3 Å². The first kappa shape index (κ1) is 14.2. The average molecular weight is 267 g/mol. The Morgan fingerprint density at radius 3 is 2.50 bits per heavy atom. The first-order valence-electron chi connectivity index (χ1n) is 5.17. The van der Waals surface area contributed by atoms with Gasteiger partial charge in [-0.15, -0.1) is 0 Å². The van der Waals surface area contributed by atoms with Gasteiger partial charge in [-0.1, -0.05) is 30.3 Å². The molecule has 0 aliphatic carbocycles. The molecule has 0 fully saturated rings. The van der Waals surface area contributed by atoms with Gasteiger partial charge in [-0.3, -0.25) is 4.79 Å². The van der Waals surface area contributed by atoms with Gasteiger partial charge in [0.2, 0.25) is 15.9 Å². The van der Waals surface area contributed by atoms with E-state index in [2.05, 4.69) is 5.32 Å². The van der Waals surface area contributed by atoms with E-state index in [4.69, 9.17) is 10.4 Å². The lowest BCUT2D eigenvalue weighted by atomic mass is 10.00. The summed E-state index contributed by atoms with van der Waals surface area (Å²) in [5.74, 6) is -1.84. The number of rotatable bonds is 5. The van der Waals surface area contributed by atoms with Crippen molar-refractivity contribution in [3.63, 3.8) is 0 Å². The first-order chi connectivity index (χ1) is 8.44. The maximum Gasteiger partial charge on any atom is 0.241 e. The van der Waals surface area contributed by atoms with Crippen molar-refractivity contribution in [2.45, 2.75) is 5.92 Å². The summed E-state index contributed by atoms with van der Waals surface area (Å²) in [4.78, 5) is 11.7. The van der Waals surface area contributed by atoms with E-state index >= 15 is 0 Å². The van der Waals surface area contributed by atoms with E-state index < -0.39 is 21.8 Å². The van der Waals surface area contributed by atoms with Gasteiger partial charge in [0.1, 0.15) is 5.92 Å². The molecular formula is C11H13N3O3S. The summed E-state index contributed by atoms with van der Waals surface area (Å²) < 4.78 is 21.4. The standard InChI is InChI=1S/C11H13N3O3S/c12-8-10(9-4-2-1-3-5-9)11(15)14-6-7-18(13,16)17/h1-5,10H,6-7H2,(H,14,15)(H2,13,16,17). The van der Waals surface area contributed by atoms with Crippen LogP contribution in [0.25, 0.3) is 0 Å². The summed E-state index contributed by atoms with van der Waals surface area (Å²) in [6.07, 6.45) is 0. The van der Waals surface area contributed by atoms with Gasteiger partial charge in [-0.25, -0.2) is 13.6 Å². The van der Waals surface area contributed by atoms with Crippen LogP contribution in [0.4, 0.5) is 0 Å². The lowest BCUT2D eigenvalue weighted by Crippen LogP contribution is -2.34. The maximum atomic E-state index is 11.7. The Bertz CT molecular complexity index is 549. The molecule has 0 aromatic heterocycles. The van der Waals surface area contributed by atoms with E-state index in [9.17, 15) is 13.2 Å². The van der Waals surface area contributed by atoms with Crippen LogP contribution in [0, 0.1) is 11.3 Å². The maximum absolute atomic E-state index is 11.7. The van der Waals surface area contributed by atoms with E-state index in [-0.39, 0.29) is 12.3 Å². The summed E-state index contributed by atoms with van der Waals surface area (Å²) >= 11 is 0. The number of sulfonamides is 1. The minimum atomic E-state index is -3.61. The Balaban J connectivity index is 2.63. The molecule has 1 atom stereocenters. The molecule has 0 saturated heterocycles. The zero-order chi connectivity index (χ0) is 13.6. The summed E-state index contributed by atoms with van der Waals surface area (Å²) in [5.41, 5.74) is 0.563. The van der Waals surface area contributed by atoms with Gasteiger partial charge >= 0.3 is 0 Å². The monoisotopic (exact) mass is 267 g/mol. The van der Waals surface area contributed by atoms with Crippen molar-refractivity contribution in [3.05, 3.63) is 35.9 Å². The lowest BCUT2D eigenvalue weighted by Gasteiger charge is -2.09. The molecule has 7 heteroatoms. The first-order valence-corrected chi connectivity index (χ1v) is 6.88. The Morgan fingerprint density at radius 1 is 1.39 bits per heavy atom. The van der Waals surface area contributed by atoms with Gasteiger partial charge in [0.15, 0.2) is 0 Å². The van der Waals surface area contributed by atoms with Gasteiger partial charge in [0.25, 0.3) is 0 Å². The number of amides is 1. The van der Waals surface area contributed by atoms with E-state index in [0.29, 0.717) is 5.56 Å². The van der Waals surface area contributed by atoms with E-state index in [0.717, 1.165) is 0 Å². The van der Waals surface area contributed by atoms with Gasteiger partial charge in [-0.05, 0) is 5.56 Å². The molecule has 0 spiro atoms. The van der Waals surface area contributed by atoms with Crippen molar-refractivity contribution in [2.75, 3.05) is 12.3 Å². The number of hydrogen-bond donors (Lipinski definition) is 2. The third kappa shape index (κ3) is 4.53. The lowest BCUT2D eigenvalue weighted by molar-refractivity contribution is -0.121. The van der Waals surface area contributed by atoms with Crippen LogP contribution in [0.2, 0.25) is 0 Å². The molecule has 1 unspecified atom stereocenters. The third-order valence-corrected chi connectivity index (χ3v) is 2.98. The number of nitrogens with two attached hydrogens (primary N) is 1. The van der Waals surface area contributed by atoms with Crippen molar-refractivity contribution in [3.8, 4) is 6.07 Å². The zero-order valence-corrected chi connectivity index (χ0v) is 10.4. The highest BCUT2D eigenvalue weighted by atomic mass is 32.2. The van der Waals surface area contributed by atoms with Crippen molar-refractivity contribution in [2.24, 2.45) is 5.14 Å². The molecule has 1 rings (SSSR count). The number of nitriles is 1. The van der Waals surface area contributed by atoms with Crippen molar-refractivity contribution in [1.82, 2.24) is 5.32 Å². The fraction of sp³-hybridized carbons (Fsp3) is 0.273. The van der Waals surface area contributed by atoms with Gasteiger partial charge < -0.3 is 5.32 Å². The highest BCUT2D eigenvalue weighted by molar-refractivity contribution is 7.89. The molecule has 18 heavy (non-hydrogen) atoms. The largest absolute Gasteiger partial charge is 0.354 e. The second-order valence-corrected chi connectivity index (χ2v) is 5.36. The molecule has 1 aromatic rings. The van der Waals surface area contributed by atoms with Crippen LogP contribution in [-0.2, 0) is 14.8 Å². The molecule has 6 nitrogen and oxygen atoms in total. The van der Waals surface area contributed by atoms with Gasteiger partial charge in [0, 0.05) is 6.54 Å². The Kier molecular flexibility index (Phi) is 4.83. The zero-order valence-electron chi connectivity index (χ0n) is 9.54. The van der Waals surface area contributed by atoms with Crippen molar-refractivity contribution in [1.29, 1.82) is 5.26 Å². The molecular weight excluding hydrogens is 254 g/mol. The quantitative estimate of drug-likeness (QED) is 0.762. The number of benzene rings is 1. The fourth-order valence-electron chi connectivity index (χ4n) is 1.35. The van der Waals surface area contributed by atoms with Crippen LogP contribution >= 0.6 is 0 Å². The Hall–Kier alpha value is -1.91. The normalized spacial score (nSPS) is 12.4. The second kappa shape index (κ2) is 6.14. The number of carbonyl (C=O) groups is 1. The van der Waals surface area contributed by atoms with Gasteiger partial charge in [0.05, 0.1) is 11.8 Å². The minimum absolute atomic E-state index is 0.108. The van der Waals surface area contributed by atoms with Crippen molar-refractivity contribution >= 4 is 15.9 Å². The number of hydrogen-bond acceptors (Lipinski definition) is 4. The molecule has 1 amide bonds. The molecule has 0 aliphatic rings. The molecule has 0 heterocycles. The summed E-state index contributed by atoms with van der Waals surface area (Å²) in [7, 11) is -3.61. The minimum Gasteiger partial charge on any atom is -0.354 e. The van der Waals surface area contributed by atoms with Crippen LogP contribution in [0.15, 0.2) is 30.3 Å². The molecule has 0 radical (unpaired) electrons. The molecule has 0 saturated carbocycles. The predicted molar refractivity (Wildman–Crippen MR) is 65.8 cm³/mol. The highest BCUT2D eigenvalue weighted by Crippen LogP contribution is 2.14. The highest BCUT2D eigenvalue weighted by Gasteiger charge is 2.19. The van der Waals surface area contributed by atoms with E-state index in [1.165, 1.54) is 0 Å². The topological polar surface area (TPSA) is 113 Å². The third-order valence-electron chi connectivity index (χ3n) is 2.21. The molecule has 0 aliphatic heterocycles. The molecule has 96 valence electrons. The summed E-state index contributed by atoms with van der Waals surface area (Å²) in [6, 6.07) is 10.4. The van der Waals surface area contributed by atoms with Crippen LogP contribution in [0.1, 0.15) is 11.5 Å². The van der Waals surface area contributed by atoms with E-state index in [1.807, 2.05) is 6.07 Å². The van der Waals surface area contributed by atoms with Crippen molar-refractivity contribution < 1.29 is 13.2 Å². The number of primary sulfonamides is 1. The summed E-state index contributed by atoms with van der Waals surface area (Å²) in [5, 5.41) is 16.1. The molecule has 1 aromatic carbocycles. The predicted octanol–water partition coefficient (Wildman–Crippen LogP) is -0.302. The van der Waals surface area contributed by atoms with Crippen LogP contribution in [0.5, 0.6) is 0 Å². The number of nitrogens with zero attached hydrogens (tertiary/aromatic N) is 1. The van der Waals surface area contributed by atoms with Crippen LogP contribution < -0.4 is 10.5 Å². The Morgan fingerprint density at radius 2 is 2.00 bits per heavy atom. The SMILES string of the molecule is N#CC(C(=O)NCCS(N)(=O)=O)c1ccccc1. The Labute approximate surface area is 105 Å². The molecule has 3 N–H and O–H groups in total. The second-order valence-electron chi connectivity index (χ2n) is 3.63. The van der Waals surface area contributed by atoms with Gasteiger partial charge in [-0.2, -0.15) is 5.26 Å². The number of carbonyl (C=O) groups excluding carboxylic acids is 1. The summed E-state index contributed by atoms with van der Waals surface area (Å²) in [6.45, 7) is -0.108. The smallest absolute Gasteiger partial charge is 0.241 e. The fourth-order valence-corrected chi connectivity index (χ4v) is 1.74. The number of nitrogens with one attached hydrogen (secondary N) is 1. The average Bonchev–Trinajstić information content (AvgIpc) is 2.29. The van der Waals surface area contributed by atoms with Crippen LogP contribution in [-0.4, -0.2) is 26.6 Å². The van der Waals surface area contributed by atoms with Crippen LogP contribution in [0.3, 0.4) is 0 Å².